The van der Waals surface area contributed by atoms with E-state index in [2.05, 4.69) is 5.32 Å². The number of hydrogen-bond acceptors (Lipinski definition) is 2. The predicted molar refractivity (Wildman–Crippen MR) is 72.7 cm³/mol. The molecular weight excluding hydrogens is 296 g/mol. The molecule has 2 rings (SSSR count). The summed E-state index contributed by atoms with van der Waals surface area (Å²) in [4.78, 5) is 11.7. The smallest absolute Gasteiger partial charge is 0.261 e. The molecule has 0 spiro atoms. The molecule has 1 saturated heterocycles. The summed E-state index contributed by atoms with van der Waals surface area (Å²) in [6.45, 7) is 0.688. The first-order chi connectivity index (χ1) is 8.58. The minimum absolute atomic E-state index is 0.116. The van der Waals surface area contributed by atoms with Gasteiger partial charge in [-0.05, 0) is 25.3 Å². The summed E-state index contributed by atoms with van der Waals surface area (Å²) in [7, 11) is 0. The van der Waals surface area contributed by atoms with Gasteiger partial charge in [0.05, 0.1) is 15.1 Å². The van der Waals surface area contributed by atoms with E-state index in [9.17, 15) is 4.79 Å². The topological polar surface area (TPSA) is 38.3 Å². The monoisotopic (exact) mass is 307 g/mol. The Morgan fingerprint density at radius 2 is 1.83 bits per heavy atom. The van der Waals surface area contributed by atoms with Gasteiger partial charge in [0, 0.05) is 12.6 Å². The van der Waals surface area contributed by atoms with Crippen molar-refractivity contribution < 1.29 is 9.53 Å². The van der Waals surface area contributed by atoms with Crippen molar-refractivity contribution in [2.75, 3.05) is 6.54 Å². The average Bonchev–Trinajstić information content (AvgIpc) is 2.52. The molecule has 6 heteroatoms. The number of benzene rings is 1. The molecule has 98 valence electrons. The molecule has 0 radical (unpaired) electrons. The Hall–Kier alpha value is -0.640. The van der Waals surface area contributed by atoms with E-state index >= 15 is 0 Å². The minimum Gasteiger partial charge on any atom is -0.479 e. The maximum Gasteiger partial charge on any atom is 0.261 e. The summed E-state index contributed by atoms with van der Waals surface area (Å²) in [5, 5.41) is 3.86. The highest BCUT2D eigenvalue weighted by Crippen LogP contribution is 2.34. The Morgan fingerprint density at radius 1 is 1.11 bits per heavy atom. The third-order valence-electron chi connectivity index (χ3n) is 2.73. The van der Waals surface area contributed by atoms with Crippen molar-refractivity contribution in [1.82, 2.24) is 5.32 Å². The van der Waals surface area contributed by atoms with Crippen LogP contribution in [0.2, 0.25) is 15.1 Å². The van der Waals surface area contributed by atoms with Crippen LogP contribution in [0.1, 0.15) is 19.3 Å². The zero-order chi connectivity index (χ0) is 13.1. The van der Waals surface area contributed by atoms with E-state index in [1.807, 2.05) is 0 Å². The summed E-state index contributed by atoms with van der Waals surface area (Å²) >= 11 is 17.7. The van der Waals surface area contributed by atoms with Gasteiger partial charge in [-0.1, -0.05) is 34.8 Å². The van der Waals surface area contributed by atoms with Crippen molar-refractivity contribution in [2.45, 2.75) is 25.4 Å². The second kappa shape index (κ2) is 6.00. The Bertz CT molecular complexity index is 465. The molecule has 3 nitrogen and oxygen atoms in total. The predicted octanol–water partition coefficient (Wildman–Crippen LogP) is 3.69. The summed E-state index contributed by atoms with van der Waals surface area (Å²) < 4.78 is 5.63. The molecule has 0 saturated carbocycles. The Balaban J connectivity index is 2.17. The van der Waals surface area contributed by atoms with Crippen molar-refractivity contribution in [2.24, 2.45) is 0 Å². The molecule has 1 atom stereocenters. The SMILES string of the molecule is O=C1NCCCCC1Oc1cc(Cl)c(Cl)cc1Cl. The number of rotatable bonds is 2. The molecule has 1 aliphatic heterocycles. The quantitative estimate of drug-likeness (QED) is 0.846. The summed E-state index contributed by atoms with van der Waals surface area (Å²) in [5.41, 5.74) is 0. The van der Waals surface area contributed by atoms with Gasteiger partial charge in [-0.25, -0.2) is 0 Å². The van der Waals surface area contributed by atoms with E-state index in [1.54, 1.807) is 0 Å². The second-order valence-corrected chi connectivity index (χ2v) is 5.31. The van der Waals surface area contributed by atoms with E-state index in [-0.39, 0.29) is 5.91 Å². The fourth-order valence-electron chi connectivity index (χ4n) is 1.77. The zero-order valence-electron chi connectivity index (χ0n) is 9.51. The standard InChI is InChI=1S/C12H12Cl3NO2/c13-7-5-9(15)11(6-8(7)14)18-10-3-1-2-4-16-12(10)17/h5-6,10H,1-4H2,(H,16,17). The highest BCUT2D eigenvalue weighted by atomic mass is 35.5. The second-order valence-electron chi connectivity index (χ2n) is 4.09. The van der Waals surface area contributed by atoms with Crippen LogP contribution >= 0.6 is 34.8 Å². The summed E-state index contributed by atoms with van der Waals surface area (Å²) in [6, 6.07) is 3.04. The number of ether oxygens (including phenoxy) is 1. The van der Waals surface area contributed by atoms with Gasteiger partial charge in [-0.3, -0.25) is 4.79 Å². The normalized spacial score (nSPS) is 20.2. The zero-order valence-corrected chi connectivity index (χ0v) is 11.8. The molecule has 0 aromatic heterocycles. The maximum absolute atomic E-state index is 11.7. The number of nitrogens with one attached hydrogen (secondary N) is 1. The van der Waals surface area contributed by atoms with Gasteiger partial charge < -0.3 is 10.1 Å². The largest absolute Gasteiger partial charge is 0.479 e. The van der Waals surface area contributed by atoms with Crippen LogP contribution < -0.4 is 10.1 Å². The Morgan fingerprint density at radius 3 is 2.61 bits per heavy atom. The lowest BCUT2D eigenvalue weighted by Crippen LogP contribution is -2.36. The number of carbonyl (C=O) groups excluding carboxylic acids is 1. The van der Waals surface area contributed by atoms with E-state index in [1.165, 1.54) is 12.1 Å². The van der Waals surface area contributed by atoms with Crippen molar-refractivity contribution >= 4 is 40.7 Å². The van der Waals surface area contributed by atoms with Gasteiger partial charge in [0.2, 0.25) is 0 Å². The van der Waals surface area contributed by atoms with Crippen LogP contribution in [0.5, 0.6) is 5.75 Å². The third-order valence-corrected chi connectivity index (χ3v) is 3.75. The van der Waals surface area contributed by atoms with Crippen molar-refractivity contribution in [3.63, 3.8) is 0 Å². The molecule has 1 fully saturated rings. The lowest BCUT2D eigenvalue weighted by molar-refractivity contribution is -0.127. The first-order valence-electron chi connectivity index (χ1n) is 5.67. The van der Waals surface area contributed by atoms with Gasteiger partial charge in [0.15, 0.2) is 6.10 Å². The molecule has 0 aliphatic carbocycles. The van der Waals surface area contributed by atoms with Crippen LogP contribution in [0.25, 0.3) is 0 Å². The van der Waals surface area contributed by atoms with E-state index in [4.69, 9.17) is 39.5 Å². The number of amides is 1. The van der Waals surface area contributed by atoms with Crippen LogP contribution in [0, 0.1) is 0 Å². The first kappa shape index (κ1) is 13.8. The van der Waals surface area contributed by atoms with E-state index < -0.39 is 6.10 Å². The Labute approximate surface area is 120 Å². The van der Waals surface area contributed by atoms with Crippen molar-refractivity contribution in [3.05, 3.63) is 27.2 Å². The average molecular weight is 309 g/mol. The van der Waals surface area contributed by atoms with Gasteiger partial charge >= 0.3 is 0 Å². The van der Waals surface area contributed by atoms with Crippen LogP contribution in [-0.4, -0.2) is 18.6 Å². The van der Waals surface area contributed by atoms with Gasteiger partial charge in [-0.15, -0.1) is 0 Å². The molecule has 1 aliphatic rings. The third kappa shape index (κ3) is 3.22. The highest BCUT2D eigenvalue weighted by Gasteiger charge is 2.23. The number of halogens is 3. The van der Waals surface area contributed by atoms with Gasteiger partial charge in [-0.2, -0.15) is 0 Å². The van der Waals surface area contributed by atoms with E-state index in [0.717, 1.165) is 12.8 Å². The van der Waals surface area contributed by atoms with Crippen molar-refractivity contribution in [3.8, 4) is 5.75 Å². The molecule has 1 aromatic rings. The number of hydrogen-bond donors (Lipinski definition) is 1. The van der Waals surface area contributed by atoms with Crippen LogP contribution in [0.3, 0.4) is 0 Å². The lowest BCUT2D eigenvalue weighted by atomic mass is 10.2. The fraction of sp³-hybridized carbons (Fsp3) is 0.417. The molecule has 1 aromatic carbocycles. The van der Waals surface area contributed by atoms with Crippen LogP contribution in [0.4, 0.5) is 0 Å². The molecule has 18 heavy (non-hydrogen) atoms. The van der Waals surface area contributed by atoms with Gasteiger partial charge in [0.25, 0.3) is 5.91 Å². The summed E-state index contributed by atoms with van der Waals surface area (Å²) in [5.74, 6) is 0.266. The molecule has 1 amide bonds. The first-order valence-corrected chi connectivity index (χ1v) is 6.80. The molecule has 1 heterocycles. The molecule has 1 N–H and O–H groups in total. The fourth-order valence-corrected chi connectivity index (χ4v) is 2.35. The van der Waals surface area contributed by atoms with Gasteiger partial charge in [0.1, 0.15) is 5.75 Å². The Kier molecular flexibility index (Phi) is 4.60. The maximum atomic E-state index is 11.7. The van der Waals surface area contributed by atoms with Crippen LogP contribution in [0.15, 0.2) is 12.1 Å². The van der Waals surface area contributed by atoms with Crippen LogP contribution in [-0.2, 0) is 4.79 Å². The number of carbonyl (C=O) groups is 1. The summed E-state index contributed by atoms with van der Waals surface area (Å²) in [6.07, 6.45) is 2.04. The molecule has 0 bridgehead atoms. The highest BCUT2D eigenvalue weighted by molar-refractivity contribution is 6.43. The molecule has 1 unspecified atom stereocenters. The lowest BCUT2D eigenvalue weighted by Gasteiger charge is -2.17. The minimum atomic E-state index is -0.526. The van der Waals surface area contributed by atoms with E-state index in [0.29, 0.717) is 33.8 Å². The van der Waals surface area contributed by atoms with Crippen molar-refractivity contribution in [1.29, 1.82) is 0 Å². The molecular formula is C12H12Cl3NO2.